The molecule has 1 nitrogen and oxygen atoms in total. The first kappa shape index (κ1) is 16.3. The van der Waals surface area contributed by atoms with Crippen LogP contribution in [-0.4, -0.2) is 6.29 Å². The Labute approximate surface area is 130 Å². The fourth-order valence-corrected chi connectivity index (χ4v) is 3.88. The third-order valence-corrected chi connectivity index (χ3v) is 5.34. The highest BCUT2D eigenvalue weighted by molar-refractivity contribution is 5.74. The summed E-state index contributed by atoms with van der Waals surface area (Å²) < 4.78 is 0. The van der Waals surface area contributed by atoms with Gasteiger partial charge in [-0.25, -0.2) is 0 Å². The number of hydrogen-bond donors (Lipinski definition) is 0. The molecule has 0 spiro atoms. The molecule has 0 N–H and O–H groups in total. The normalized spacial score (nSPS) is 23.7. The Hall–Kier alpha value is -1.11. The Morgan fingerprint density at radius 2 is 1.95 bits per heavy atom. The predicted molar refractivity (Wildman–Crippen MR) is 89.8 cm³/mol. The smallest absolute Gasteiger partial charge is 0.150 e. The van der Waals surface area contributed by atoms with Crippen LogP contribution in [0.3, 0.4) is 0 Å². The number of benzene rings is 1. The van der Waals surface area contributed by atoms with Gasteiger partial charge in [-0.05, 0) is 36.2 Å². The molecule has 1 fully saturated rings. The van der Waals surface area contributed by atoms with Crippen LogP contribution in [-0.2, 0) is 0 Å². The van der Waals surface area contributed by atoms with Crippen molar-refractivity contribution in [2.45, 2.75) is 71.1 Å². The van der Waals surface area contributed by atoms with Crippen LogP contribution in [0.4, 0.5) is 0 Å². The van der Waals surface area contributed by atoms with E-state index in [0.29, 0.717) is 5.92 Å². The molecule has 2 rings (SSSR count). The minimum absolute atomic E-state index is 0.625. The summed E-state index contributed by atoms with van der Waals surface area (Å²) in [6.07, 6.45) is 12.1. The Morgan fingerprint density at radius 3 is 2.62 bits per heavy atom. The maximum absolute atomic E-state index is 10.8. The molecular weight excluding hydrogens is 256 g/mol. The first-order valence-electron chi connectivity index (χ1n) is 8.79. The fraction of sp³-hybridized carbons (Fsp3) is 0.650. The van der Waals surface area contributed by atoms with E-state index < -0.39 is 0 Å². The van der Waals surface area contributed by atoms with E-state index in [1.165, 1.54) is 56.9 Å². The monoisotopic (exact) mass is 286 g/mol. The molecule has 1 saturated carbocycles. The molecule has 0 bridgehead atoms. The third kappa shape index (κ3) is 4.69. The Kier molecular flexibility index (Phi) is 6.48. The first-order chi connectivity index (χ1) is 10.2. The molecule has 0 aliphatic heterocycles. The van der Waals surface area contributed by atoms with Crippen molar-refractivity contribution in [1.29, 1.82) is 0 Å². The lowest BCUT2D eigenvalue weighted by molar-refractivity contribution is 0.112. The average molecular weight is 286 g/mol. The largest absolute Gasteiger partial charge is 0.298 e. The van der Waals surface area contributed by atoms with E-state index in [9.17, 15) is 4.79 Å². The van der Waals surface area contributed by atoms with Crippen LogP contribution in [0.1, 0.15) is 87.1 Å². The average Bonchev–Trinajstić information content (AvgIpc) is 2.55. The van der Waals surface area contributed by atoms with Crippen LogP contribution in [0.5, 0.6) is 0 Å². The van der Waals surface area contributed by atoms with E-state index in [4.69, 9.17) is 0 Å². The second-order valence-corrected chi connectivity index (χ2v) is 6.86. The number of hydrogen-bond acceptors (Lipinski definition) is 1. The van der Waals surface area contributed by atoms with Crippen molar-refractivity contribution in [2.24, 2.45) is 11.8 Å². The second kappa shape index (κ2) is 8.36. The van der Waals surface area contributed by atoms with E-state index in [2.05, 4.69) is 26.0 Å². The maximum Gasteiger partial charge on any atom is 0.150 e. The van der Waals surface area contributed by atoms with Gasteiger partial charge in [0.25, 0.3) is 0 Å². The van der Waals surface area contributed by atoms with Gasteiger partial charge in [0.05, 0.1) is 0 Å². The van der Waals surface area contributed by atoms with E-state index in [0.717, 1.165) is 23.7 Å². The number of rotatable bonds is 7. The Morgan fingerprint density at radius 1 is 1.19 bits per heavy atom. The molecule has 1 aliphatic rings. The van der Waals surface area contributed by atoms with Crippen LogP contribution < -0.4 is 0 Å². The van der Waals surface area contributed by atoms with Gasteiger partial charge in [0.15, 0.2) is 0 Å². The minimum atomic E-state index is 0.625. The van der Waals surface area contributed by atoms with Crippen molar-refractivity contribution < 1.29 is 4.79 Å². The van der Waals surface area contributed by atoms with Crippen molar-refractivity contribution >= 4 is 6.29 Å². The van der Waals surface area contributed by atoms with Gasteiger partial charge in [0, 0.05) is 5.56 Å². The summed E-state index contributed by atoms with van der Waals surface area (Å²) in [6.45, 7) is 4.66. The molecule has 0 aromatic heterocycles. The predicted octanol–water partition coefficient (Wildman–Crippen LogP) is 5.99. The van der Waals surface area contributed by atoms with Gasteiger partial charge in [0.2, 0.25) is 0 Å². The summed E-state index contributed by atoms with van der Waals surface area (Å²) in [7, 11) is 0. The minimum Gasteiger partial charge on any atom is -0.298 e. The number of aldehydes is 1. The zero-order chi connectivity index (χ0) is 15.1. The van der Waals surface area contributed by atoms with Gasteiger partial charge in [-0.15, -0.1) is 0 Å². The van der Waals surface area contributed by atoms with Crippen molar-refractivity contribution in [2.75, 3.05) is 0 Å². The number of carbonyl (C=O) groups excluding carboxylic acids is 1. The van der Waals surface area contributed by atoms with Gasteiger partial charge in [0.1, 0.15) is 6.29 Å². The quantitative estimate of drug-likeness (QED) is 0.444. The van der Waals surface area contributed by atoms with Crippen molar-refractivity contribution in [1.82, 2.24) is 0 Å². The summed E-state index contributed by atoms with van der Waals surface area (Å²) in [4.78, 5) is 10.8. The third-order valence-electron chi connectivity index (χ3n) is 5.34. The number of unbranched alkanes of at least 4 members (excludes halogenated alkanes) is 2. The molecule has 0 radical (unpaired) electrons. The summed E-state index contributed by atoms with van der Waals surface area (Å²) >= 11 is 0. The number of carbonyl (C=O) groups is 1. The van der Waals surface area contributed by atoms with E-state index in [-0.39, 0.29) is 0 Å². The molecule has 0 heterocycles. The molecule has 0 saturated heterocycles. The summed E-state index contributed by atoms with van der Waals surface area (Å²) in [5.41, 5.74) is 2.19. The zero-order valence-corrected chi connectivity index (χ0v) is 13.7. The van der Waals surface area contributed by atoms with Crippen molar-refractivity contribution in [3.63, 3.8) is 0 Å². The summed E-state index contributed by atoms with van der Waals surface area (Å²) in [5.74, 6) is 2.40. The van der Waals surface area contributed by atoms with Gasteiger partial charge >= 0.3 is 0 Å². The van der Waals surface area contributed by atoms with Crippen LogP contribution in [0.15, 0.2) is 24.3 Å². The van der Waals surface area contributed by atoms with Gasteiger partial charge in [-0.3, -0.25) is 4.79 Å². The highest BCUT2D eigenvalue weighted by Crippen LogP contribution is 2.40. The van der Waals surface area contributed by atoms with Crippen molar-refractivity contribution in [3.8, 4) is 0 Å². The van der Waals surface area contributed by atoms with Gasteiger partial charge in [-0.1, -0.05) is 76.6 Å². The molecular formula is C20H30O. The molecule has 1 aromatic rings. The van der Waals surface area contributed by atoms with Gasteiger partial charge < -0.3 is 0 Å². The lowest BCUT2D eigenvalue weighted by atomic mass is 9.72. The molecule has 116 valence electrons. The summed E-state index contributed by atoms with van der Waals surface area (Å²) in [5, 5.41) is 0. The highest BCUT2D eigenvalue weighted by Gasteiger charge is 2.26. The van der Waals surface area contributed by atoms with E-state index in [1.54, 1.807) is 0 Å². The molecule has 1 aromatic carbocycles. The Bertz CT molecular complexity index is 420. The van der Waals surface area contributed by atoms with Crippen LogP contribution in [0.25, 0.3) is 0 Å². The van der Waals surface area contributed by atoms with E-state index in [1.807, 2.05) is 12.1 Å². The second-order valence-electron chi connectivity index (χ2n) is 6.86. The lowest BCUT2D eigenvalue weighted by Crippen LogP contribution is -2.20. The first-order valence-corrected chi connectivity index (χ1v) is 8.79. The fourth-order valence-electron chi connectivity index (χ4n) is 3.88. The zero-order valence-electron chi connectivity index (χ0n) is 13.7. The SMILES string of the molecule is CCCCCC1CCCC(C(C)c2ccc(C=O)cc2)C1. The Balaban J connectivity index is 1.91. The molecule has 21 heavy (non-hydrogen) atoms. The summed E-state index contributed by atoms with van der Waals surface area (Å²) in [6, 6.07) is 8.21. The maximum atomic E-state index is 10.8. The highest BCUT2D eigenvalue weighted by atomic mass is 16.1. The van der Waals surface area contributed by atoms with Gasteiger partial charge in [-0.2, -0.15) is 0 Å². The van der Waals surface area contributed by atoms with Crippen LogP contribution in [0, 0.1) is 11.8 Å². The van der Waals surface area contributed by atoms with Crippen LogP contribution >= 0.6 is 0 Å². The van der Waals surface area contributed by atoms with Crippen molar-refractivity contribution in [3.05, 3.63) is 35.4 Å². The molecule has 1 heteroatoms. The molecule has 3 unspecified atom stereocenters. The topological polar surface area (TPSA) is 17.1 Å². The van der Waals surface area contributed by atoms with E-state index >= 15 is 0 Å². The molecule has 0 amide bonds. The lowest BCUT2D eigenvalue weighted by Gasteiger charge is -2.33. The van der Waals surface area contributed by atoms with Crippen LogP contribution in [0.2, 0.25) is 0 Å². The standard InChI is InChI=1S/C20H30O/c1-3-4-5-7-17-8-6-9-20(14-17)16(2)19-12-10-18(15-21)11-13-19/h10-13,15-17,20H,3-9,14H2,1-2H3. The molecule has 3 atom stereocenters. The molecule has 1 aliphatic carbocycles.